The Morgan fingerprint density at radius 2 is 1.83 bits per heavy atom. The van der Waals surface area contributed by atoms with E-state index in [0.29, 0.717) is 33.1 Å². The first-order valence-corrected chi connectivity index (χ1v) is 11.4. The van der Waals surface area contributed by atoms with Crippen molar-refractivity contribution in [2.45, 2.75) is 6.61 Å². The van der Waals surface area contributed by atoms with Crippen LogP contribution in [0.4, 0.5) is 4.39 Å². The molecule has 12 heteroatoms. The van der Waals surface area contributed by atoms with Crippen molar-refractivity contribution in [3.63, 3.8) is 0 Å². The summed E-state index contributed by atoms with van der Waals surface area (Å²) in [5.74, 6) is 1.47. The first-order valence-electron chi connectivity index (χ1n) is 10.6. The number of hydrogen-bond donors (Lipinski definition) is 0. The Morgan fingerprint density at radius 1 is 1.00 bits per heavy atom. The van der Waals surface area contributed by atoms with Gasteiger partial charge in [0, 0.05) is 23.2 Å². The molecule has 0 amide bonds. The predicted molar refractivity (Wildman–Crippen MR) is 130 cm³/mol. The third-order valence-electron chi connectivity index (χ3n) is 4.89. The van der Waals surface area contributed by atoms with Crippen LogP contribution in [0, 0.1) is 5.82 Å². The Labute approximate surface area is 212 Å². The van der Waals surface area contributed by atoms with Gasteiger partial charge in [0.25, 0.3) is 5.89 Å². The van der Waals surface area contributed by atoms with Gasteiger partial charge in [-0.15, -0.1) is 15.3 Å². The minimum atomic E-state index is -0.378. The van der Waals surface area contributed by atoms with Gasteiger partial charge in [-0.1, -0.05) is 41.6 Å². The van der Waals surface area contributed by atoms with E-state index < -0.39 is 0 Å². The summed E-state index contributed by atoms with van der Waals surface area (Å²) in [5.41, 5.74) is 1.89. The highest BCUT2D eigenvalue weighted by molar-refractivity contribution is 9.10. The van der Waals surface area contributed by atoms with Crippen molar-refractivity contribution in [2.24, 2.45) is 12.2 Å². The summed E-state index contributed by atoms with van der Waals surface area (Å²) >= 11 is 3.49. The SMILES string of the molecule is Cn1nnnc1/C(=N\OCc1nnc(-c2ccc(Oc3cccc(F)c3)cc2Br)o1)c1ccccc1. The van der Waals surface area contributed by atoms with Gasteiger partial charge in [0.1, 0.15) is 17.3 Å². The van der Waals surface area contributed by atoms with Gasteiger partial charge in [0.15, 0.2) is 12.3 Å². The number of tetrazole rings is 1. The topological polar surface area (TPSA) is 113 Å². The van der Waals surface area contributed by atoms with Crippen LogP contribution in [0.3, 0.4) is 0 Å². The second-order valence-electron chi connectivity index (χ2n) is 7.41. The summed E-state index contributed by atoms with van der Waals surface area (Å²) < 4.78 is 27.0. The number of benzene rings is 3. The molecule has 180 valence electrons. The maximum absolute atomic E-state index is 13.4. The predicted octanol–water partition coefficient (Wildman–Crippen LogP) is 4.92. The van der Waals surface area contributed by atoms with E-state index in [-0.39, 0.29) is 24.2 Å². The molecule has 0 radical (unpaired) electrons. The molecule has 0 saturated carbocycles. The van der Waals surface area contributed by atoms with Crippen molar-refractivity contribution >= 4 is 21.6 Å². The molecule has 5 rings (SSSR count). The molecule has 0 atom stereocenters. The van der Waals surface area contributed by atoms with Crippen molar-refractivity contribution in [1.29, 1.82) is 0 Å². The second-order valence-corrected chi connectivity index (χ2v) is 8.26. The summed E-state index contributed by atoms with van der Waals surface area (Å²) in [6.07, 6.45) is 0. The van der Waals surface area contributed by atoms with Gasteiger partial charge < -0.3 is 14.0 Å². The molecule has 5 aromatic rings. The molecule has 0 unspecified atom stereocenters. The van der Waals surface area contributed by atoms with E-state index in [1.165, 1.54) is 16.8 Å². The number of nitrogens with zero attached hydrogens (tertiary/aromatic N) is 7. The number of rotatable bonds is 8. The van der Waals surface area contributed by atoms with Crippen LogP contribution in [-0.2, 0) is 18.5 Å². The van der Waals surface area contributed by atoms with E-state index in [1.807, 2.05) is 30.3 Å². The average Bonchev–Trinajstić information content (AvgIpc) is 3.52. The highest BCUT2D eigenvalue weighted by atomic mass is 79.9. The molecule has 0 spiro atoms. The van der Waals surface area contributed by atoms with Crippen LogP contribution in [0.5, 0.6) is 11.5 Å². The summed E-state index contributed by atoms with van der Waals surface area (Å²) in [5, 5.41) is 23.9. The average molecular weight is 550 g/mol. The van der Waals surface area contributed by atoms with Gasteiger partial charge in [-0.25, -0.2) is 9.07 Å². The van der Waals surface area contributed by atoms with Crippen LogP contribution in [0.2, 0.25) is 0 Å². The van der Waals surface area contributed by atoms with Gasteiger partial charge in [-0.3, -0.25) is 0 Å². The van der Waals surface area contributed by atoms with Crippen molar-refractivity contribution in [3.8, 4) is 23.0 Å². The van der Waals surface area contributed by atoms with Crippen LogP contribution in [0.15, 0.2) is 86.8 Å². The lowest BCUT2D eigenvalue weighted by Crippen LogP contribution is -2.12. The van der Waals surface area contributed by atoms with E-state index in [2.05, 4.69) is 46.8 Å². The number of ether oxygens (including phenoxy) is 1. The fraction of sp³-hybridized carbons (Fsp3) is 0.0833. The molecule has 0 saturated heterocycles. The van der Waals surface area contributed by atoms with Gasteiger partial charge in [-0.05, 0) is 56.7 Å². The highest BCUT2D eigenvalue weighted by Crippen LogP contribution is 2.32. The van der Waals surface area contributed by atoms with Gasteiger partial charge in [0.2, 0.25) is 11.7 Å². The maximum Gasteiger partial charge on any atom is 0.257 e. The van der Waals surface area contributed by atoms with Crippen LogP contribution < -0.4 is 4.74 Å². The Hall–Kier alpha value is -4.45. The summed E-state index contributed by atoms with van der Waals surface area (Å²) in [6.45, 7) is -0.0625. The van der Waals surface area contributed by atoms with Crippen molar-refractivity contribution in [3.05, 3.63) is 100 Å². The molecule has 36 heavy (non-hydrogen) atoms. The molecule has 0 bridgehead atoms. The number of halogens is 2. The molecule has 0 N–H and O–H groups in total. The lowest BCUT2D eigenvalue weighted by Gasteiger charge is -2.07. The number of oxime groups is 1. The summed E-state index contributed by atoms with van der Waals surface area (Å²) in [4.78, 5) is 5.51. The molecule has 2 heterocycles. The Kier molecular flexibility index (Phi) is 6.76. The zero-order valence-corrected chi connectivity index (χ0v) is 20.3. The van der Waals surface area contributed by atoms with E-state index in [4.69, 9.17) is 14.0 Å². The highest BCUT2D eigenvalue weighted by Gasteiger charge is 2.16. The molecular weight excluding hydrogens is 533 g/mol. The largest absolute Gasteiger partial charge is 0.457 e. The zero-order chi connectivity index (χ0) is 24.9. The second kappa shape index (κ2) is 10.4. The number of aryl methyl sites for hydroxylation is 1. The fourth-order valence-electron chi connectivity index (χ4n) is 3.22. The summed E-state index contributed by atoms with van der Waals surface area (Å²) in [7, 11) is 1.71. The van der Waals surface area contributed by atoms with Gasteiger partial charge >= 0.3 is 0 Å². The number of hydrogen-bond acceptors (Lipinski definition) is 9. The Balaban J connectivity index is 1.30. The molecule has 0 aliphatic carbocycles. The monoisotopic (exact) mass is 549 g/mol. The quantitative estimate of drug-likeness (QED) is 0.198. The lowest BCUT2D eigenvalue weighted by molar-refractivity contribution is 0.111. The molecular formula is C24H17BrFN7O3. The first kappa shape index (κ1) is 23.3. The van der Waals surface area contributed by atoms with E-state index in [0.717, 1.165) is 5.56 Å². The van der Waals surface area contributed by atoms with Crippen molar-refractivity contribution in [2.75, 3.05) is 0 Å². The molecule has 3 aromatic carbocycles. The van der Waals surface area contributed by atoms with E-state index in [1.54, 1.807) is 37.4 Å². The van der Waals surface area contributed by atoms with Crippen LogP contribution in [0.25, 0.3) is 11.5 Å². The zero-order valence-electron chi connectivity index (χ0n) is 18.7. The minimum Gasteiger partial charge on any atom is -0.457 e. The third-order valence-corrected chi connectivity index (χ3v) is 5.55. The van der Waals surface area contributed by atoms with Crippen LogP contribution >= 0.6 is 15.9 Å². The molecule has 2 aromatic heterocycles. The normalized spacial score (nSPS) is 11.5. The van der Waals surface area contributed by atoms with Crippen molar-refractivity contribution < 1.29 is 18.4 Å². The van der Waals surface area contributed by atoms with Crippen LogP contribution in [0.1, 0.15) is 17.3 Å². The number of aromatic nitrogens is 6. The molecule has 10 nitrogen and oxygen atoms in total. The molecule has 0 aliphatic heterocycles. The van der Waals surface area contributed by atoms with Crippen LogP contribution in [-0.4, -0.2) is 36.1 Å². The van der Waals surface area contributed by atoms with Gasteiger partial charge in [-0.2, -0.15) is 0 Å². The minimum absolute atomic E-state index is 0.0625. The summed E-state index contributed by atoms with van der Waals surface area (Å²) in [6, 6.07) is 20.5. The lowest BCUT2D eigenvalue weighted by atomic mass is 10.1. The van der Waals surface area contributed by atoms with Gasteiger partial charge in [0.05, 0.1) is 5.56 Å². The van der Waals surface area contributed by atoms with E-state index in [9.17, 15) is 4.39 Å². The maximum atomic E-state index is 13.4. The standard InChI is InChI=1S/C24H17BrFN7O3/c1-33-23(28-31-32-33)22(15-6-3-2-4-7-15)30-34-14-21-27-29-24(36-21)19-11-10-18(13-20(19)25)35-17-9-5-8-16(26)12-17/h2-13H,14H2,1H3/b30-22-. The Morgan fingerprint density at radius 3 is 2.58 bits per heavy atom. The smallest absolute Gasteiger partial charge is 0.257 e. The fourth-order valence-corrected chi connectivity index (χ4v) is 3.75. The third kappa shape index (κ3) is 5.28. The Bertz CT molecular complexity index is 1520. The van der Waals surface area contributed by atoms with E-state index >= 15 is 0 Å². The molecule has 0 aliphatic rings. The molecule has 0 fully saturated rings. The van der Waals surface area contributed by atoms with Crippen molar-refractivity contribution in [1.82, 2.24) is 30.4 Å². The first-order chi connectivity index (χ1) is 17.6.